The summed E-state index contributed by atoms with van der Waals surface area (Å²) in [5.74, 6) is -1.98. The number of nitrogens with zero attached hydrogens (tertiary/aromatic N) is 2. The van der Waals surface area contributed by atoms with Crippen LogP contribution in [-0.2, 0) is 11.3 Å². The molecule has 1 aromatic heterocycles. The number of rotatable bonds is 2. The number of anilines is 1. The molecule has 0 aliphatic carbocycles. The van der Waals surface area contributed by atoms with Gasteiger partial charge in [-0.15, -0.1) is 0 Å². The molecule has 0 radical (unpaired) electrons. The van der Waals surface area contributed by atoms with Crippen molar-refractivity contribution in [1.82, 2.24) is 10.2 Å². The minimum Gasteiger partial charge on any atom is -0.316 e. The van der Waals surface area contributed by atoms with E-state index < -0.39 is 23.6 Å². The highest BCUT2D eigenvalue weighted by atomic mass is 19.1. The fourth-order valence-corrected chi connectivity index (χ4v) is 2.64. The zero-order chi connectivity index (χ0) is 15.3. The number of hydrogen-bond donors (Lipinski definition) is 2. The number of benzene rings is 1. The number of fused-ring (bicyclic) bond motifs is 1. The van der Waals surface area contributed by atoms with Gasteiger partial charge in [0, 0.05) is 22.9 Å². The number of aromatic amines is 1. The molecule has 0 saturated carbocycles. The number of nitrogens with one attached hydrogen (secondary N) is 1. The Morgan fingerprint density at radius 1 is 1.38 bits per heavy atom. The summed E-state index contributed by atoms with van der Waals surface area (Å²) in [6.07, 6.45) is 0. The van der Waals surface area contributed by atoms with Crippen LogP contribution in [0, 0.1) is 25.5 Å². The first-order valence-corrected chi connectivity index (χ1v) is 6.46. The SMILES string of the molecule is Cc1n[nH]c(C)c1CN1C(=O)C(N)c2c(F)cc(F)cc21. The van der Waals surface area contributed by atoms with Crippen molar-refractivity contribution in [2.75, 3.05) is 4.90 Å². The smallest absolute Gasteiger partial charge is 0.249 e. The highest BCUT2D eigenvalue weighted by Gasteiger charge is 2.38. The molecule has 3 rings (SSSR count). The molecule has 21 heavy (non-hydrogen) atoms. The lowest BCUT2D eigenvalue weighted by Gasteiger charge is -2.18. The number of aryl methyl sites for hydroxylation is 2. The van der Waals surface area contributed by atoms with E-state index in [0.29, 0.717) is 0 Å². The maximum absolute atomic E-state index is 13.9. The molecule has 3 N–H and O–H groups in total. The van der Waals surface area contributed by atoms with Crippen LogP contribution in [0.5, 0.6) is 0 Å². The van der Waals surface area contributed by atoms with E-state index >= 15 is 0 Å². The Hall–Kier alpha value is -2.28. The van der Waals surface area contributed by atoms with Gasteiger partial charge in [0.15, 0.2) is 0 Å². The van der Waals surface area contributed by atoms with Crippen molar-refractivity contribution in [3.63, 3.8) is 0 Å². The highest BCUT2D eigenvalue weighted by molar-refractivity contribution is 6.04. The summed E-state index contributed by atoms with van der Waals surface area (Å²) in [5, 5.41) is 6.87. The molecule has 0 spiro atoms. The average molecular weight is 292 g/mol. The van der Waals surface area contributed by atoms with Crippen molar-refractivity contribution in [1.29, 1.82) is 0 Å². The fraction of sp³-hybridized carbons (Fsp3) is 0.286. The van der Waals surface area contributed by atoms with E-state index in [4.69, 9.17) is 5.73 Å². The summed E-state index contributed by atoms with van der Waals surface area (Å²) in [7, 11) is 0. The van der Waals surface area contributed by atoms with E-state index in [1.807, 2.05) is 6.92 Å². The topological polar surface area (TPSA) is 75.0 Å². The van der Waals surface area contributed by atoms with Crippen molar-refractivity contribution in [3.8, 4) is 0 Å². The van der Waals surface area contributed by atoms with Gasteiger partial charge in [-0.3, -0.25) is 9.89 Å². The third kappa shape index (κ3) is 2.01. The number of aromatic nitrogens is 2. The van der Waals surface area contributed by atoms with Gasteiger partial charge in [0.2, 0.25) is 5.91 Å². The maximum atomic E-state index is 13.9. The molecule has 110 valence electrons. The largest absolute Gasteiger partial charge is 0.316 e. The van der Waals surface area contributed by atoms with Crippen LogP contribution in [0.4, 0.5) is 14.5 Å². The normalized spacial score (nSPS) is 17.5. The van der Waals surface area contributed by atoms with E-state index in [9.17, 15) is 13.6 Å². The summed E-state index contributed by atoms with van der Waals surface area (Å²) in [5.41, 5.74) is 8.34. The fourth-order valence-electron chi connectivity index (χ4n) is 2.64. The summed E-state index contributed by atoms with van der Waals surface area (Å²) in [6, 6.07) is 0.769. The van der Waals surface area contributed by atoms with Crippen molar-refractivity contribution < 1.29 is 13.6 Å². The van der Waals surface area contributed by atoms with Crippen molar-refractivity contribution >= 4 is 11.6 Å². The molecule has 5 nitrogen and oxygen atoms in total. The van der Waals surface area contributed by atoms with E-state index in [0.717, 1.165) is 29.1 Å². The Morgan fingerprint density at radius 2 is 2.10 bits per heavy atom. The highest BCUT2D eigenvalue weighted by Crippen LogP contribution is 2.38. The number of H-pyrrole nitrogens is 1. The molecule has 0 fully saturated rings. The van der Waals surface area contributed by atoms with Crippen molar-refractivity contribution in [2.45, 2.75) is 26.4 Å². The van der Waals surface area contributed by atoms with Gasteiger partial charge in [-0.1, -0.05) is 0 Å². The number of halogens is 2. The van der Waals surface area contributed by atoms with Gasteiger partial charge in [0.1, 0.15) is 17.7 Å². The van der Waals surface area contributed by atoms with Crippen LogP contribution in [0.25, 0.3) is 0 Å². The number of nitrogens with two attached hydrogens (primary N) is 1. The molecular formula is C14H14F2N4O. The molecule has 7 heteroatoms. The van der Waals surface area contributed by atoms with Crippen LogP contribution in [0.15, 0.2) is 12.1 Å². The first-order valence-electron chi connectivity index (χ1n) is 6.46. The summed E-state index contributed by atoms with van der Waals surface area (Å²) in [6.45, 7) is 3.80. The zero-order valence-corrected chi connectivity index (χ0v) is 11.6. The predicted molar refractivity (Wildman–Crippen MR) is 72.5 cm³/mol. The first-order chi connectivity index (χ1) is 9.90. The lowest BCUT2D eigenvalue weighted by molar-refractivity contribution is -0.119. The van der Waals surface area contributed by atoms with Crippen LogP contribution >= 0.6 is 0 Å². The van der Waals surface area contributed by atoms with Crippen molar-refractivity contribution in [2.24, 2.45) is 5.73 Å². The Labute approximate surface area is 119 Å². The summed E-state index contributed by atoms with van der Waals surface area (Å²) in [4.78, 5) is 13.6. The molecule has 2 aromatic rings. The Balaban J connectivity index is 2.08. The molecule has 1 unspecified atom stereocenters. The number of hydrogen-bond acceptors (Lipinski definition) is 3. The molecular weight excluding hydrogens is 278 g/mol. The number of carbonyl (C=O) groups excluding carboxylic acids is 1. The van der Waals surface area contributed by atoms with Gasteiger partial charge in [-0.05, 0) is 19.9 Å². The van der Waals surface area contributed by atoms with Crippen LogP contribution in [0.1, 0.15) is 28.6 Å². The lowest BCUT2D eigenvalue weighted by atomic mass is 10.1. The minimum absolute atomic E-state index is 0.0419. The standard InChI is InChI=1S/C14H14F2N4O/c1-6-9(7(2)19-18-6)5-20-11-4-8(15)3-10(16)12(11)13(17)14(20)21/h3-4,13H,5,17H2,1-2H3,(H,18,19). The average Bonchev–Trinajstić information content (AvgIpc) is 2.84. The second-order valence-electron chi connectivity index (χ2n) is 5.14. The van der Waals surface area contributed by atoms with E-state index in [1.165, 1.54) is 4.90 Å². The minimum atomic E-state index is -1.10. The Bertz CT molecular complexity index is 721. The molecule has 0 saturated heterocycles. The van der Waals surface area contributed by atoms with Gasteiger partial charge < -0.3 is 10.6 Å². The quantitative estimate of drug-likeness (QED) is 0.887. The van der Waals surface area contributed by atoms with Crippen LogP contribution < -0.4 is 10.6 Å². The third-order valence-corrected chi connectivity index (χ3v) is 3.80. The van der Waals surface area contributed by atoms with Crippen molar-refractivity contribution in [3.05, 3.63) is 46.3 Å². The number of amides is 1. The Kier molecular flexibility index (Phi) is 3.02. The molecule has 1 aromatic carbocycles. The second-order valence-corrected chi connectivity index (χ2v) is 5.14. The summed E-state index contributed by atoms with van der Waals surface area (Å²) >= 11 is 0. The van der Waals surface area contributed by atoms with Gasteiger partial charge >= 0.3 is 0 Å². The van der Waals surface area contributed by atoms with Crippen LogP contribution in [0.2, 0.25) is 0 Å². The van der Waals surface area contributed by atoms with E-state index in [-0.39, 0.29) is 17.8 Å². The molecule has 1 amide bonds. The molecule has 0 bridgehead atoms. The molecule has 1 aliphatic heterocycles. The summed E-state index contributed by atoms with van der Waals surface area (Å²) < 4.78 is 27.3. The zero-order valence-electron chi connectivity index (χ0n) is 11.6. The lowest BCUT2D eigenvalue weighted by Crippen LogP contribution is -2.31. The second kappa shape index (κ2) is 4.63. The van der Waals surface area contributed by atoms with E-state index in [2.05, 4.69) is 10.2 Å². The molecule has 1 atom stereocenters. The number of carbonyl (C=O) groups is 1. The Morgan fingerprint density at radius 3 is 2.71 bits per heavy atom. The van der Waals surface area contributed by atoms with Crippen LogP contribution in [-0.4, -0.2) is 16.1 Å². The molecule has 1 aliphatic rings. The maximum Gasteiger partial charge on any atom is 0.249 e. The van der Waals surface area contributed by atoms with Gasteiger partial charge in [-0.25, -0.2) is 8.78 Å². The monoisotopic (exact) mass is 292 g/mol. The predicted octanol–water partition coefficient (Wildman–Crippen LogP) is 1.85. The molecule has 2 heterocycles. The van der Waals surface area contributed by atoms with Crippen LogP contribution in [0.3, 0.4) is 0 Å². The first kappa shape index (κ1) is 13.7. The van der Waals surface area contributed by atoms with Gasteiger partial charge in [-0.2, -0.15) is 5.10 Å². The van der Waals surface area contributed by atoms with Gasteiger partial charge in [0.05, 0.1) is 17.9 Å². The third-order valence-electron chi connectivity index (χ3n) is 3.80. The van der Waals surface area contributed by atoms with E-state index in [1.54, 1.807) is 6.92 Å². The van der Waals surface area contributed by atoms with Gasteiger partial charge in [0.25, 0.3) is 0 Å².